The number of hydrogen-bond acceptors (Lipinski definition) is 5. The molecule has 0 bridgehead atoms. The summed E-state index contributed by atoms with van der Waals surface area (Å²) in [5, 5.41) is 0. The third kappa shape index (κ3) is 8.59. The van der Waals surface area contributed by atoms with Crippen molar-refractivity contribution < 1.29 is 0 Å². The fraction of sp³-hybridized carbons (Fsp3) is 0.244. The van der Waals surface area contributed by atoms with Crippen molar-refractivity contribution >= 4 is 39.6 Å². The van der Waals surface area contributed by atoms with Crippen LogP contribution in [-0.2, 0) is 0 Å². The van der Waals surface area contributed by atoms with Crippen LogP contribution in [0.2, 0.25) is 0 Å². The standard InChI is InChI=1S/C45H53N5/c1-46(2)39-21-11-33(12-22-39)38(31-44(34-13-23-40(24-14-34)47(3)4)35-15-25-41(26-16-35)48(5)6)32-45(36-17-27-42(28-18-36)49(7)8)37-19-29-43(30-20-37)50(9)10/h11-32,38H,1-10H3. The van der Waals surface area contributed by atoms with E-state index in [0.717, 1.165) is 0 Å². The first-order valence-electron chi connectivity index (χ1n) is 17.2. The topological polar surface area (TPSA) is 16.2 Å². The van der Waals surface area contributed by atoms with E-state index in [4.69, 9.17) is 0 Å². The first-order chi connectivity index (χ1) is 23.9. The van der Waals surface area contributed by atoms with Crippen molar-refractivity contribution in [2.45, 2.75) is 5.92 Å². The van der Waals surface area contributed by atoms with Crippen molar-refractivity contribution in [3.05, 3.63) is 161 Å². The number of benzene rings is 5. The second kappa shape index (κ2) is 15.9. The van der Waals surface area contributed by atoms with E-state index < -0.39 is 0 Å². The van der Waals surface area contributed by atoms with E-state index in [1.54, 1.807) is 0 Å². The lowest BCUT2D eigenvalue weighted by molar-refractivity contribution is 1.07. The summed E-state index contributed by atoms with van der Waals surface area (Å²) in [6.45, 7) is 0. The van der Waals surface area contributed by atoms with Gasteiger partial charge in [-0.25, -0.2) is 0 Å². The molecule has 0 heterocycles. The van der Waals surface area contributed by atoms with Crippen LogP contribution in [0.1, 0.15) is 33.7 Å². The average molecular weight is 664 g/mol. The number of nitrogens with zero attached hydrogens (tertiary/aromatic N) is 5. The van der Waals surface area contributed by atoms with Crippen LogP contribution in [0.15, 0.2) is 133 Å². The van der Waals surface area contributed by atoms with Gasteiger partial charge in [-0.3, -0.25) is 0 Å². The van der Waals surface area contributed by atoms with Gasteiger partial charge in [0.2, 0.25) is 0 Å². The number of hydrogen-bond donors (Lipinski definition) is 0. The molecule has 0 unspecified atom stereocenters. The van der Waals surface area contributed by atoms with Crippen LogP contribution in [-0.4, -0.2) is 70.5 Å². The number of allylic oxidation sites excluding steroid dienone is 2. The van der Waals surface area contributed by atoms with Crippen LogP contribution in [0.5, 0.6) is 0 Å². The fourth-order valence-electron chi connectivity index (χ4n) is 6.07. The Labute approximate surface area is 301 Å². The zero-order valence-electron chi connectivity index (χ0n) is 31.5. The van der Waals surface area contributed by atoms with Crippen molar-refractivity contribution in [1.29, 1.82) is 0 Å². The molecule has 5 aromatic rings. The summed E-state index contributed by atoms with van der Waals surface area (Å²) in [6, 6.07) is 44.6. The summed E-state index contributed by atoms with van der Waals surface area (Å²) in [5.74, 6) is -0.0275. The SMILES string of the molecule is CN(C)c1ccc(C(=CC(C=C(c2ccc(N(C)C)cc2)c2ccc(N(C)C)cc2)c2ccc(N(C)C)cc2)c2ccc(N(C)C)cc2)cc1. The Bertz CT molecular complexity index is 1650. The minimum Gasteiger partial charge on any atom is -0.378 e. The molecular formula is C45H53N5. The molecule has 5 heteroatoms. The van der Waals surface area contributed by atoms with Crippen molar-refractivity contribution in [2.24, 2.45) is 0 Å². The fourth-order valence-corrected chi connectivity index (χ4v) is 6.07. The largest absolute Gasteiger partial charge is 0.378 e. The van der Waals surface area contributed by atoms with Gasteiger partial charge in [-0.2, -0.15) is 0 Å². The van der Waals surface area contributed by atoms with Gasteiger partial charge in [-0.1, -0.05) is 72.8 Å². The van der Waals surface area contributed by atoms with E-state index in [0.29, 0.717) is 0 Å². The Kier molecular flexibility index (Phi) is 11.4. The molecular weight excluding hydrogens is 611 g/mol. The van der Waals surface area contributed by atoms with Crippen molar-refractivity contribution in [3.8, 4) is 0 Å². The van der Waals surface area contributed by atoms with Gasteiger partial charge >= 0.3 is 0 Å². The van der Waals surface area contributed by atoms with E-state index >= 15 is 0 Å². The van der Waals surface area contributed by atoms with E-state index in [1.165, 1.54) is 67.4 Å². The molecule has 5 aromatic carbocycles. The van der Waals surface area contributed by atoms with Crippen molar-refractivity contribution in [3.63, 3.8) is 0 Å². The first kappa shape index (κ1) is 35.9. The highest BCUT2D eigenvalue weighted by molar-refractivity contribution is 5.85. The summed E-state index contributed by atoms with van der Waals surface area (Å²) in [7, 11) is 20.9. The molecule has 258 valence electrons. The van der Waals surface area contributed by atoms with Crippen LogP contribution < -0.4 is 24.5 Å². The maximum atomic E-state index is 2.45. The molecule has 0 spiro atoms. The van der Waals surface area contributed by atoms with E-state index in [2.05, 4.69) is 228 Å². The van der Waals surface area contributed by atoms with Crippen LogP contribution in [0.3, 0.4) is 0 Å². The normalized spacial score (nSPS) is 10.8. The molecule has 0 radical (unpaired) electrons. The summed E-state index contributed by atoms with van der Waals surface area (Å²) < 4.78 is 0. The predicted octanol–water partition coefficient (Wildman–Crippen LogP) is 9.36. The predicted molar refractivity (Wildman–Crippen MR) is 221 cm³/mol. The number of rotatable bonds is 12. The lowest BCUT2D eigenvalue weighted by atomic mass is 9.86. The van der Waals surface area contributed by atoms with Gasteiger partial charge in [0.25, 0.3) is 0 Å². The minimum atomic E-state index is -0.0275. The van der Waals surface area contributed by atoms with Gasteiger partial charge in [-0.05, 0) is 99.6 Å². The van der Waals surface area contributed by atoms with Crippen LogP contribution in [0.4, 0.5) is 28.4 Å². The Balaban J connectivity index is 1.76. The Hall–Kier alpha value is -5.42. The van der Waals surface area contributed by atoms with Gasteiger partial charge in [0.1, 0.15) is 0 Å². The third-order valence-electron chi connectivity index (χ3n) is 9.27. The van der Waals surface area contributed by atoms with Gasteiger partial charge in [0.15, 0.2) is 0 Å². The van der Waals surface area contributed by atoms with Crippen LogP contribution >= 0.6 is 0 Å². The van der Waals surface area contributed by atoms with Crippen LogP contribution in [0.25, 0.3) is 11.1 Å². The lowest BCUT2D eigenvalue weighted by Gasteiger charge is -2.21. The monoisotopic (exact) mass is 663 g/mol. The van der Waals surface area contributed by atoms with E-state index in [1.807, 2.05) is 0 Å². The number of anilines is 5. The molecule has 0 aliphatic rings. The summed E-state index contributed by atoms with van der Waals surface area (Å²) in [5.41, 5.74) is 14.3. The van der Waals surface area contributed by atoms with Gasteiger partial charge in [-0.15, -0.1) is 0 Å². The second-order valence-corrected chi connectivity index (χ2v) is 13.9. The van der Waals surface area contributed by atoms with Gasteiger partial charge in [0.05, 0.1) is 0 Å². The van der Waals surface area contributed by atoms with E-state index in [9.17, 15) is 0 Å². The molecule has 0 N–H and O–H groups in total. The molecule has 0 aliphatic carbocycles. The zero-order valence-corrected chi connectivity index (χ0v) is 31.5. The van der Waals surface area contributed by atoms with Crippen molar-refractivity contribution in [2.75, 3.05) is 95.0 Å². The molecule has 0 saturated heterocycles. The molecule has 5 rings (SSSR count). The summed E-state index contributed by atoms with van der Waals surface area (Å²) >= 11 is 0. The molecule has 0 aromatic heterocycles. The Morgan fingerprint density at radius 1 is 0.320 bits per heavy atom. The average Bonchev–Trinajstić information content (AvgIpc) is 3.12. The molecule has 50 heavy (non-hydrogen) atoms. The van der Waals surface area contributed by atoms with Crippen LogP contribution in [0, 0.1) is 0 Å². The molecule has 5 nitrogen and oxygen atoms in total. The van der Waals surface area contributed by atoms with Gasteiger partial charge in [0, 0.05) is 105 Å². The first-order valence-corrected chi connectivity index (χ1v) is 17.2. The zero-order chi connectivity index (χ0) is 35.9. The summed E-state index contributed by atoms with van der Waals surface area (Å²) in [6.07, 6.45) is 4.89. The molecule has 0 amide bonds. The maximum absolute atomic E-state index is 2.45. The van der Waals surface area contributed by atoms with Gasteiger partial charge < -0.3 is 24.5 Å². The molecule has 0 fully saturated rings. The van der Waals surface area contributed by atoms with Crippen molar-refractivity contribution in [1.82, 2.24) is 0 Å². The third-order valence-corrected chi connectivity index (χ3v) is 9.27. The Morgan fingerprint density at radius 2 is 0.520 bits per heavy atom. The maximum Gasteiger partial charge on any atom is 0.0361 e. The molecule has 0 saturated carbocycles. The minimum absolute atomic E-state index is 0.0275. The second-order valence-electron chi connectivity index (χ2n) is 13.9. The highest BCUT2D eigenvalue weighted by Crippen LogP contribution is 2.36. The highest BCUT2D eigenvalue weighted by Gasteiger charge is 2.16. The quantitative estimate of drug-likeness (QED) is 0.132. The highest BCUT2D eigenvalue weighted by atomic mass is 15.1. The molecule has 0 aliphatic heterocycles. The Morgan fingerprint density at radius 3 is 0.720 bits per heavy atom. The summed E-state index contributed by atoms with van der Waals surface area (Å²) in [4.78, 5) is 10.7. The lowest BCUT2D eigenvalue weighted by Crippen LogP contribution is -2.09. The molecule has 0 atom stereocenters. The smallest absolute Gasteiger partial charge is 0.0361 e. The van der Waals surface area contributed by atoms with E-state index in [-0.39, 0.29) is 5.92 Å².